The number of carbonyl (C=O) groups excluding carboxylic acids is 2. The molecule has 1 aromatic carbocycles. The lowest BCUT2D eigenvalue weighted by Gasteiger charge is -2.07. The van der Waals surface area contributed by atoms with Gasteiger partial charge in [-0.1, -0.05) is 56.0 Å². The van der Waals surface area contributed by atoms with Crippen molar-refractivity contribution in [3.05, 3.63) is 46.7 Å². The molecule has 2 rings (SSSR count). The fourth-order valence-electron chi connectivity index (χ4n) is 2.51. The van der Waals surface area contributed by atoms with Crippen molar-refractivity contribution in [1.82, 2.24) is 15.1 Å². The van der Waals surface area contributed by atoms with Gasteiger partial charge >= 0.3 is 5.97 Å². The van der Waals surface area contributed by atoms with Gasteiger partial charge in [0.25, 0.3) is 5.91 Å². The zero-order valence-electron chi connectivity index (χ0n) is 15.1. The zero-order chi connectivity index (χ0) is 18.9. The monoisotopic (exact) mass is 377 g/mol. The van der Waals surface area contributed by atoms with E-state index < -0.39 is 5.97 Å². The normalized spacial score (nSPS) is 10.6. The molecule has 7 heteroatoms. The van der Waals surface area contributed by atoms with Gasteiger partial charge in [-0.05, 0) is 25.5 Å². The highest BCUT2D eigenvalue weighted by atomic mass is 35.5. The third-order valence-corrected chi connectivity index (χ3v) is 4.24. The molecule has 0 unspecified atom stereocenters. The molecule has 0 atom stereocenters. The first-order valence-electron chi connectivity index (χ1n) is 8.79. The first kappa shape index (κ1) is 20.0. The van der Waals surface area contributed by atoms with Gasteiger partial charge in [0.05, 0.1) is 11.4 Å². The number of esters is 1. The van der Waals surface area contributed by atoms with E-state index in [2.05, 4.69) is 17.3 Å². The molecule has 6 nitrogen and oxygen atoms in total. The van der Waals surface area contributed by atoms with Crippen LogP contribution >= 0.6 is 11.6 Å². The fraction of sp³-hybridized carbons (Fsp3) is 0.421. The van der Waals surface area contributed by atoms with Crippen LogP contribution < -0.4 is 5.32 Å². The number of aromatic nitrogens is 2. The molecule has 0 aliphatic carbocycles. The van der Waals surface area contributed by atoms with Gasteiger partial charge in [-0.15, -0.1) is 0 Å². The van der Waals surface area contributed by atoms with Crippen LogP contribution in [0.2, 0.25) is 5.15 Å². The summed E-state index contributed by atoms with van der Waals surface area (Å²) in [5.74, 6) is -0.977. The molecular formula is C19H24ClN3O3. The summed E-state index contributed by atoms with van der Waals surface area (Å²) < 4.78 is 6.56. The van der Waals surface area contributed by atoms with E-state index >= 15 is 0 Å². The lowest BCUT2D eigenvalue weighted by molar-refractivity contribution is -0.124. The number of para-hydroxylation sites is 1. The van der Waals surface area contributed by atoms with E-state index in [1.54, 1.807) is 6.92 Å². The minimum Gasteiger partial charge on any atom is -0.452 e. The molecule has 1 heterocycles. The third kappa shape index (κ3) is 5.33. The number of unbranched alkanes of at least 4 members (excludes halogenated alkanes) is 3. The molecule has 0 aliphatic heterocycles. The number of halogens is 1. The number of carbonyl (C=O) groups is 2. The second kappa shape index (κ2) is 9.97. The summed E-state index contributed by atoms with van der Waals surface area (Å²) in [7, 11) is 0. The summed E-state index contributed by atoms with van der Waals surface area (Å²) in [5.41, 5.74) is 1.36. The van der Waals surface area contributed by atoms with Crippen molar-refractivity contribution < 1.29 is 14.3 Å². The quantitative estimate of drug-likeness (QED) is 0.534. The number of benzene rings is 1. The Morgan fingerprint density at radius 1 is 1.19 bits per heavy atom. The standard InChI is InChI=1S/C19H24ClN3O3/c1-3-4-5-9-12-21-16(24)13-26-19(25)17-14(2)22-23(18(17)20)15-10-7-6-8-11-15/h6-8,10-11H,3-5,9,12-13H2,1-2H3,(H,21,24). The molecule has 0 saturated carbocycles. The van der Waals surface area contributed by atoms with Crippen LogP contribution in [-0.4, -0.2) is 34.8 Å². The van der Waals surface area contributed by atoms with Crippen LogP contribution in [0.1, 0.15) is 48.7 Å². The highest BCUT2D eigenvalue weighted by Gasteiger charge is 2.23. The largest absolute Gasteiger partial charge is 0.452 e. The van der Waals surface area contributed by atoms with Crippen molar-refractivity contribution in [2.45, 2.75) is 39.5 Å². The van der Waals surface area contributed by atoms with Gasteiger partial charge in [0.2, 0.25) is 0 Å². The molecule has 140 valence electrons. The van der Waals surface area contributed by atoms with E-state index in [-0.39, 0.29) is 23.2 Å². The number of nitrogens with zero attached hydrogens (tertiary/aromatic N) is 2. The zero-order valence-corrected chi connectivity index (χ0v) is 15.9. The van der Waals surface area contributed by atoms with E-state index in [1.165, 1.54) is 4.68 Å². The summed E-state index contributed by atoms with van der Waals surface area (Å²) >= 11 is 6.31. The summed E-state index contributed by atoms with van der Waals surface area (Å²) in [6.45, 7) is 4.06. The molecule has 1 N–H and O–H groups in total. The van der Waals surface area contributed by atoms with Crippen molar-refractivity contribution in [2.75, 3.05) is 13.2 Å². The van der Waals surface area contributed by atoms with E-state index in [9.17, 15) is 9.59 Å². The predicted molar refractivity (Wildman–Crippen MR) is 101 cm³/mol. The summed E-state index contributed by atoms with van der Waals surface area (Å²) in [5, 5.41) is 7.19. The van der Waals surface area contributed by atoms with E-state index in [0.717, 1.165) is 31.4 Å². The van der Waals surface area contributed by atoms with E-state index in [1.807, 2.05) is 30.3 Å². The Bertz CT molecular complexity index is 744. The molecule has 1 amide bonds. The van der Waals surface area contributed by atoms with Crippen LogP contribution in [0.5, 0.6) is 0 Å². The molecular weight excluding hydrogens is 354 g/mol. The molecule has 1 aromatic heterocycles. The van der Waals surface area contributed by atoms with Gasteiger partial charge in [0.1, 0.15) is 10.7 Å². The maximum absolute atomic E-state index is 12.3. The second-order valence-corrected chi connectivity index (χ2v) is 6.34. The van der Waals surface area contributed by atoms with E-state index in [0.29, 0.717) is 12.2 Å². The van der Waals surface area contributed by atoms with Gasteiger partial charge in [0.15, 0.2) is 6.61 Å². The van der Waals surface area contributed by atoms with Gasteiger partial charge in [-0.3, -0.25) is 4.79 Å². The fourth-order valence-corrected chi connectivity index (χ4v) is 2.85. The number of nitrogens with one attached hydrogen (secondary N) is 1. The summed E-state index contributed by atoms with van der Waals surface area (Å²) in [6.07, 6.45) is 4.28. The Labute approximate surface area is 158 Å². The third-order valence-electron chi connectivity index (χ3n) is 3.90. The maximum Gasteiger partial charge on any atom is 0.343 e. The average molecular weight is 378 g/mol. The highest BCUT2D eigenvalue weighted by molar-refractivity contribution is 6.33. The highest BCUT2D eigenvalue weighted by Crippen LogP contribution is 2.24. The molecule has 26 heavy (non-hydrogen) atoms. The van der Waals surface area contributed by atoms with Crippen LogP contribution in [0.25, 0.3) is 5.69 Å². The Balaban J connectivity index is 1.92. The van der Waals surface area contributed by atoms with Crippen LogP contribution in [0.4, 0.5) is 0 Å². The van der Waals surface area contributed by atoms with Gasteiger partial charge < -0.3 is 10.1 Å². The smallest absolute Gasteiger partial charge is 0.343 e. The van der Waals surface area contributed by atoms with Crippen LogP contribution in [0, 0.1) is 6.92 Å². The Morgan fingerprint density at radius 3 is 2.62 bits per heavy atom. The number of ether oxygens (including phenoxy) is 1. The first-order chi connectivity index (χ1) is 12.5. The molecule has 0 fully saturated rings. The van der Waals surface area contributed by atoms with Crippen molar-refractivity contribution in [3.8, 4) is 5.69 Å². The molecule has 0 aliphatic rings. The van der Waals surface area contributed by atoms with Crippen LogP contribution in [0.15, 0.2) is 30.3 Å². The number of amides is 1. The summed E-state index contributed by atoms with van der Waals surface area (Å²) in [6, 6.07) is 9.25. The van der Waals surface area contributed by atoms with Crippen LogP contribution in [-0.2, 0) is 9.53 Å². The predicted octanol–water partition coefficient (Wildman–Crippen LogP) is 3.69. The topological polar surface area (TPSA) is 73.2 Å². The average Bonchev–Trinajstić information content (AvgIpc) is 2.94. The number of hydrogen-bond donors (Lipinski definition) is 1. The number of hydrogen-bond acceptors (Lipinski definition) is 4. The Kier molecular flexibility index (Phi) is 7.66. The van der Waals surface area contributed by atoms with Crippen LogP contribution in [0.3, 0.4) is 0 Å². The number of aryl methyl sites for hydroxylation is 1. The SMILES string of the molecule is CCCCCCNC(=O)COC(=O)c1c(C)nn(-c2ccccc2)c1Cl. The minimum atomic E-state index is -0.657. The summed E-state index contributed by atoms with van der Waals surface area (Å²) in [4.78, 5) is 24.1. The minimum absolute atomic E-state index is 0.165. The van der Waals surface area contributed by atoms with Gasteiger partial charge in [-0.25, -0.2) is 9.48 Å². The van der Waals surface area contributed by atoms with Gasteiger partial charge in [-0.2, -0.15) is 5.10 Å². The van der Waals surface area contributed by atoms with Crippen molar-refractivity contribution in [2.24, 2.45) is 0 Å². The van der Waals surface area contributed by atoms with Crippen molar-refractivity contribution in [3.63, 3.8) is 0 Å². The Morgan fingerprint density at radius 2 is 1.92 bits per heavy atom. The van der Waals surface area contributed by atoms with Gasteiger partial charge in [0, 0.05) is 6.54 Å². The molecule has 0 saturated heterocycles. The maximum atomic E-state index is 12.3. The Hall–Kier alpha value is -2.34. The number of rotatable bonds is 9. The first-order valence-corrected chi connectivity index (χ1v) is 9.16. The molecule has 0 radical (unpaired) electrons. The van der Waals surface area contributed by atoms with E-state index in [4.69, 9.17) is 16.3 Å². The molecule has 0 bridgehead atoms. The van der Waals surface area contributed by atoms with Crippen molar-refractivity contribution >= 4 is 23.5 Å². The second-order valence-electron chi connectivity index (χ2n) is 5.99. The lowest BCUT2D eigenvalue weighted by atomic mass is 10.2. The lowest BCUT2D eigenvalue weighted by Crippen LogP contribution is -2.29. The molecule has 2 aromatic rings. The van der Waals surface area contributed by atoms with Crippen molar-refractivity contribution in [1.29, 1.82) is 0 Å². The molecule has 0 spiro atoms.